The lowest BCUT2D eigenvalue weighted by Gasteiger charge is -2.13. The molecule has 2 aromatic rings. The summed E-state index contributed by atoms with van der Waals surface area (Å²) >= 11 is 0. The van der Waals surface area contributed by atoms with E-state index >= 15 is 0 Å². The Labute approximate surface area is 116 Å². The molecule has 0 saturated carbocycles. The molecule has 0 saturated heterocycles. The van der Waals surface area contributed by atoms with Crippen LogP contribution < -0.4 is 14.2 Å². The van der Waals surface area contributed by atoms with E-state index in [9.17, 15) is 4.79 Å². The molecule has 0 fully saturated rings. The van der Waals surface area contributed by atoms with Gasteiger partial charge in [0.1, 0.15) is 11.4 Å². The fourth-order valence-electron chi connectivity index (χ4n) is 1.76. The lowest BCUT2D eigenvalue weighted by molar-refractivity contribution is 0.103. The number of carbonyl (C=O) groups is 1. The first-order valence-electron chi connectivity index (χ1n) is 5.82. The number of ether oxygens (including phenoxy) is 3. The summed E-state index contributed by atoms with van der Waals surface area (Å²) in [7, 11) is 4.50. The van der Waals surface area contributed by atoms with Crippen LogP contribution in [0.5, 0.6) is 17.2 Å². The maximum Gasteiger partial charge on any atom is 0.216 e. The summed E-state index contributed by atoms with van der Waals surface area (Å²) in [5.41, 5.74) is 0.573. The third-order valence-corrected chi connectivity index (χ3v) is 2.75. The smallest absolute Gasteiger partial charge is 0.216 e. The van der Waals surface area contributed by atoms with Gasteiger partial charge in [-0.3, -0.25) is 9.78 Å². The van der Waals surface area contributed by atoms with E-state index in [1.807, 2.05) is 0 Å². The molecule has 0 aliphatic heterocycles. The average Bonchev–Trinajstić information content (AvgIpc) is 2.53. The van der Waals surface area contributed by atoms with E-state index in [1.165, 1.54) is 39.9 Å². The summed E-state index contributed by atoms with van der Waals surface area (Å²) in [6.45, 7) is 0. The summed E-state index contributed by atoms with van der Waals surface area (Å²) in [6.07, 6.45) is 4.36. The van der Waals surface area contributed by atoms with Gasteiger partial charge >= 0.3 is 0 Å². The lowest BCUT2D eigenvalue weighted by atomic mass is 10.1. The van der Waals surface area contributed by atoms with Crippen LogP contribution in [0.1, 0.15) is 16.1 Å². The Morgan fingerprint density at radius 2 is 1.60 bits per heavy atom. The minimum Gasteiger partial charge on any atom is -0.496 e. The van der Waals surface area contributed by atoms with Gasteiger partial charge < -0.3 is 14.2 Å². The van der Waals surface area contributed by atoms with Gasteiger partial charge in [0, 0.05) is 18.5 Å². The van der Waals surface area contributed by atoms with Gasteiger partial charge in [-0.1, -0.05) is 0 Å². The van der Waals surface area contributed by atoms with Crippen LogP contribution in [0.25, 0.3) is 0 Å². The Hall–Kier alpha value is -2.63. The second-order valence-corrected chi connectivity index (χ2v) is 3.83. The number of benzene rings is 1. The molecule has 6 heteroatoms. The van der Waals surface area contributed by atoms with Crippen molar-refractivity contribution >= 4 is 5.78 Å². The molecule has 0 aliphatic rings. The highest BCUT2D eigenvalue weighted by Gasteiger charge is 2.19. The largest absolute Gasteiger partial charge is 0.496 e. The van der Waals surface area contributed by atoms with Crippen LogP contribution in [0, 0.1) is 0 Å². The van der Waals surface area contributed by atoms with Crippen molar-refractivity contribution in [2.75, 3.05) is 21.3 Å². The third kappa shape index (κ3) is 2.54. The van der Waals surface area contributed by atoms with Crippen molar-refractivity contribution in [2.45, 2.75) is 0 Å². The molecule has 0 radical (unpaired) electrons. The van der Waals surface area contributed by atoms with Crippen molar-refractivity contribution in [2.24, 2.45) is 0 Å². The molecule has 104 valence electrons. The first-order chi connectivity index (χ1) is 9.71. The fourth-order valence-corrected chi connectivity index (χ4v) is 1.76. The lowest BCUT2D eigenvalue weighted by Crippen LogP contribution is -2.07. The van der Waals surface area contributed by atoms with Crippen LogP contribution in [0.4, 0.5) is 0 Å². The molecule has 0 amide bonds. The van der Waals surface area contributed by atoms with E-state index in [0.717, 1.165) is 0 Å². The predicted molar refractivity (Wildman–Crippen MR) is 71.6 cm³/mol. The highest BCUT2D eigenvalue weighted by atomic mass is 16.5. The van der Waals surface area contributed by atoms with Gasteiger partial charge in [-0.2, -0.15) is 0 Å². The molecule has 0 bridgehead atoms. The molecule has 1 aromatic heterocycles. The Balaban J connectivity index is 2.53. The molecular weight excluding hydrogens is 260 g/mol. The Kier molecular flexibility index (Phi) is 4.14. The van der Waals surface area contributed by atoms with Gasteiger partial charge in [0.25, 0.3) is 0 Å². The predicted octanol–water partition coefficient (Wildman–Crippen LogP) is 1.73. The second kappa shape index (κ2) is 6.01. The number of aromatic nitrogens is 2. The maximum absolute atomic E-state index is 12.4. The zero-order valence-electron chi connectivity index (χ0n) is 11.4. The second-order valence-electron chi connectivity index (χ2n) is 3.83. The minimum atomic E-state index is -0.295. The van der Waals surface area contributed by atoms with E-state index < -0.39 is 0 Å². The van der Waals surface area contributed by atoms with Crippen molar-refractivity contribution in [1.82, 2.24) is 9.97 Å². The van der Waals surface area contributed by atoms with Crippen molar-refractivity contribution in [3.8, 4) is 17.2 Å². The molecule has 0 aliphatic carbocycles. The quantitative estimate of drug-likeness (QED) is 0.773. The molecule has 0 atom stereocenters. The van der Waals surface area contributed by atoms with Crippen LogP contribution in [-0.2, 0) is 0 Å². The fraction of sp³-hybridized carbons (Fsp3) is 0.214. The van der Waals surface area contributed by atoms with E-state index in [0.29, 0.717) is 22.8 Å². The average molecular weight is 274 g/mol. The Morgan fingerprint density at radius 3 is 2.15 bits per heavy atom. The molecule has 1 aromatic carbocycles. The number of carbonyl (C=O) groups excluding carboxylic acids is 1. The number of hydrogen-bond acceptors (Lipinski definition) is 6. The number of hydrogen-bond donors (Lipinski definition) is 0. The molecule has 0 spiro atoms. The molecular formula is C14H14N2O4. The number of rotatable bonds is 5. The summed E-state index contributed by atoms with van der Waals surface area (Å²) in [6, 6.07) is 3.16. The van der Waals surface area contributed by atoms with Gasteiger partial charge in [0.15, 0.2) is 11.5 Å². The van der Waals surface area contributed by atoms with Crippen molar-refractivity contribution < 1.29 is 19.0 Å². The van der Waals surface area contributed by atoms with E-state index in [2.05, 4.69) is 9.97 Å². The summed E-state index contributed by atoms with van der Waals surface area (Å²) in [5.74, 6) is 1.02. The monoisotopic (exact) mass is 274 g/mol. The summed E-state index contributed by atoms with van der Waals surface area (Å²) in [5, 5.41) is 0. The number of nitrogens with zero attached hydrogens (tertiary/aromatic N) is 2. The molecule has 0 N–H and O–H groups in total. The van der Waals surface area contributed by atoms with Crippen LogP contribution in [-0.4, -0.2) is 37.1 Å². The van der Waals surface area contributed by atoms with Crippen molar-refractivity contribution in [3.63, 3.8) is 0 Å². The first kappa shape index (κ1) is 13.8. The van der Waals surface area contributed by atoms with Gasteiger partial charge in [-0.25, -0.2) is 4.98 Å². The molecule has 2 rings (SSSR count). The zero-order chi connectivity index (χ0) is 14.5. The highest BCUT2D eigenvalue weighted by Crippen LogP contribution is 2.35. The van der Waals surface area contributed by atoms with Crippen LogP contribution in [0.2, 0.25) is 0 Å². The summed E-state index contributed by atoms with van der Waals surface area (Å²) in [4.78, 5) is 20.3. The standard InChI is InChI=1S/C14H14N2O4/c1-18-11-7-13(20-3)12(19-2)6-9(11)14(17)10-8-15-4-5-16-10/h4-8H,1-3H3. The topological polar surface area (TPSA) is 70.5 Å². The number of ketones is 1. The van der Waals surface area contributed by atoms with Gasteiger partial charge in [-0.05, 0) is 6.07 Å². The summed E-state index contributed by atoms with van der Waals surface area (Å²) < 4.78 is 15.6. The van der Waals surface area contributed by atoms with Crippen LogP contribution in [0.15, 0.2) is 30.7 Å². The molecule has 1 heterocycles. The molecule has 6 nitrogen and oxygen atoms in total. The third-order valence-electron chi connectivity index (χ3n) is 2.75. The van der Waals surface area contributed by atoms with Crippen LogP contribution in [0.3, 0.4) is 0 Å². The maximum atomic E-state index is 12.4. The Morgan fingerprint density at radius 1 is 0.950 bits per heavy atom. The molecule has 0 unspecified atom stereocenters. The van der Waals surface area contributed by atoms with Crippen molar-refractivity contribution in [1.29, 1.82) is 0 Å². The highest BCUT2D eigenvalue weighted by molar-refractivity contribution is 6.09. The SMILES string of the molecule is COc1cc(OC)c(C(=O)c2cnccn2)cc1OC. The minimum absolute atomic E-state index is 0.234. The van der Waals surface area contributed by atoms with E-state index in [-0.39, 0.29) is 11.5 Å². The Bertz CT molecular complexity index is 614. The number of methoxy groups -OCH3 is 3. The van der Waals surface area contributed by atoms with Gasteiger partial charge in [-0.15, -0.1) is 0 Å². The normalized spacial score (nSPS) is 9.95. The first-order valence-corrected chi connectivity index (χ1v) is 5.82. The van der Waals surface area contributed by atoms with E-state index in [1.54, 1.807) is 12.1 Å². The van der Waals surface area contributed by atoms with E-state index in [4.69, 9.17) is 14.2 Å². The van der Waals surface area contributed by atoms with Crippen LogP contribution >= 0.6 is 0 Å². The van der Waals surface area contributed by atoms with Gasteiger partial charge in [0.2, 0.25) is 5.78 Å². The zero-order valence-corrected chi connectivity index (χ0v) is 11.4. The van der Waals surface area contributed by atoms with Gasteiger partial charge in [0.05, 0.1) is 33.1 Å². The van der Waals surface area contributed by atoms with Crippen molar-refractivity contribution in [3.05, 3.63) is 42.0 Å². The molecule has 20 heavy (non-hydrogen) atoms.